The molecule has 2 aliphatic heterocycles. The highest BCUT2D eigenvalue weighted by atomic mass is 79.9. The lowest BCUT2D eigenvalue weighted by molar-refractivity contribution is 0.345. The summed E-state index contributed by atoms with van der Waals surface area (Å²) in [6.45, 7) is 0. The van der Waals surface area contributed by atoms with Gasteiger partial charge in [-0.15, -0.1) is 12.4 Å². The van der Waals surface area contributed by atoms with Crippen molar-refractivity contribution in [2.75, 3.05) is 0 Å². The molecule has 0 aliphatic carbocycles. The molecule has 24 heavy (non-hydrogen) atoms. The molecule has 130 valence electrons. The van der Waals surface area contributed by atoms with Crippen molar-refractivity contribution in [3.8, 4) is 0 Å². The van der Waals surface area contributed by atoms with Crippen LogP contribution in [0.15, 0.2) is 45.8 Å². The number of hydrogen-bond acceptors (Lipinski definition) is 3. The Hall–Kier alpha value is -0.660. The van der Waals surface area contributed by atoms with Crippen LogP contribution in [-0.4, -0.2) is 26.5 Å². The number of rotatable bonds is 3. The molecule has 0 aromatic heterocycles. The van der Waals surface area contributed by atoms with Crippen LogP contribution < -0.4 is 10.0 Å². The lowest BCUT2D eigenvalue weighted by Crippen LogP contribution is -2.47. The van der Waals surface area contributed by atoms with Crippen LogP contribution in [0.25, 0.3) is 10.8 Å². The highest BCUT2D eigenvalue weighted by Gasteiger charge is 2.35. The van der Waals surface area contributed by atoms with E-state index in [1.54, 1.807) is 12.1 Å². The third kappa shape index (κ3) is 3.63. The fourth-order valence-corrected chi connectivity index (χ4v) is 5.48. The van der Waals surface area contributed by atoms with Crippen molar-refractivity contribution >= 4 is 49.1 Å². The molecule has 2 N–H and O–H groups in total. The fourth-order valence-electron chi connectivity index (χ4n) is 3.80. The highest BCUT2D eigenvalue weighted by Crippen LogP contribution is 2.28. The van der Waals surface area contributed by atoms with Gasteiger partial charge in [0.1, 0.15) is 0 Å². The second kappa shape index (κ2) is 6.92. The molecule has 2 heterocycles. The van der Waals surface area contributed by atoms with Crippen LogP contribution in [0, 0.1) is 0 Å². The molecule has 2 aliphatic rings. The molecule has 2 saturated heterocycles. The number of benzene rings is 2. The molecule has 2 fully saturated rings. The van der Waals surface area contributed by atoms with Crippen LogP contribution in [-0.2, 0) is 10.0 Å². The molecule has 7 heteroatoms. The molecule has 0 spiro atoms. The predicted octanol–water partition coefficient (Wildman–Crippen LogP) is 3.59. The third-order valence-electron chi connectivity index (χ3n) is 4.88. The van der Waals surface area contributed by atoms with Crippen LogP contribution in [0.4, 0.5) is 0 Å². The van der Waals surface area contributed by atoms with Crippen LogP contribution >= 0.6 is 28.3 Å². The van der Waals surface area contributed by atoms with Gasteiger partial charge in [0.25, 0.3) is 0 Å². The van der Waals surface area contributed by atoms with Crippen molar-refractivity contribution in [1.82, 2.24) is 10.0 Å². The topological polar surface area (TPSA) is 58.2 Å². The molecule has 2 unspecified atom stereocenters. The number of sulfonamides is 1. The average Bonchev–Trinajstić information content (AvgIpc) is 2.85. The van der Waals surface area contributed by atoms with E-state index in [-0.39, 0.29) is 18.4 Å². The predicted molar refractivity (Wildman–Crippen MR) is 102 cm³/mol. The lowest BCUT2D eigenvalue weighted by atomic mass is 10.0. The van der Waals surface area contributed by atoms with Crippen LogP contribution in [0.2, 0.25) is 0 Å². The molecule has 0 amide bonds. The van der Waals surface area contributed by atoms with E-state index >= 15 is 0 Å². The minimum absolute atomic E-state index is 0. The summed E-state index contributed by atoms with van der Waals surface area (Å²) in [5, 5.41) is 5.49. The van der Waals surface area contributed by atoms with E-state index in [0.29, 0.717) is 17.0 Å². The standard InChI is InChI=1S/C17H19BrN2O2S.ClH/c18-13-3-1-12-8-17(6-2-11(12)7-13)23(21,22)20-16-9-14-4-5-15(10-16)19-14;/h1-3,6-8,14-16,19-20H,4-5,9-10H2;1H. The maximum Gasteiger partial charge on any atom is 0.240 e. The van der Waals surface area contributed by atoms with E-state index in [4.69, 9.17) is 0 Å². The summed E-state index contributed by atoms with van der Waals surface area (Å²) in [4.78, 5) is 0.346. The Labute approximate surface area is 157 Å². The SMILES string of the molecule is Cl.O=S(=O)(NC1CC2CCC(C1)N2)c1ccc2cc(Br)ccc2c1. The minimum atomic E-state index is -3.47. The number of piperidine rings is 1. The van der Waals surface area contributed by atoms with E-state index in [1.807, 2.05) is 24.3 Å². The summed E-state index contributed by atoms with van der Waals surface area (Å²) >= 11 is 3.44. The smallest absolute Gasteiger partial charge is 0.240 e. The Balaban J connectivity index is 0.00000169. The second-order valence-electron chi connectivity index (χ2n) is 6.58. The van der Waals surface area contributed by atoms with Crippen LogP contribution in [0.1, 0.15) is 25.7 Å². The molecule has 2 aromatic carbocycles. The quantitative estimate of drug-likeness (QED) is 0.781. The summed E-state index contributed by atoms with van der Waals surface area (Å²) in [5.41, 5.74) is 0. The normalized spacial score (nSPS) is 26.3. The van der Waals surface area contributed by atoms with Crippen LogP contribution in [0.5, 0.6) is 0 Å². The van der Waals surface area contributed by atoms with Gasteiger partial charge in [-0.25, -0.2) is 13.1 Å². The molecule has 2 atom stereocenters. The molecule has 0 saturated carbocycles. The fraction of sp³-hybridized carbons (Fsp3) is 0.412. The van der Waals surface area contributed by atoms with Crippen molar-refractivity contribution in [2.24, 2.45) is 0 Å². The van der Waals surface area contributed by atoms with E-state index in [2.05, 4.69) is 26.0 Å². The maximum absolute atomic E-state index is 12.7. The van der Waals surface area contributed by atoms with E-state index in [0.717, 1.165) is 40.9 Å². The van der Waals surface area contributed by atoms with Gasteiger partial charge in [-0.05, 0) is 60.7 Å². The summed E-state index contributed by atoms with van der Waals surface area (Å²) in [6.07, 6.45) is 4.09. The average molecular weight is 432 g/mol. The third-order valence-corrected chi connectivity index (χ3v) is 6.89. The Kier molecular flexibility index (Phi) is 5.23. The Morgan fingerprint density at radius 3 is 2.33 bits per heavy atom. The minimum Gasteiger partial charge on any atom is -0.311 e. The molecule has 2 bridgehead atoms. The zero-order valence-electron chi connectivity index (χ0n) is 13.0. The van der Waals surface area contributed by atoms with Crippen molar-refractivity contribution in [3.63, 3.8) is 0 Å². The van der Waals surface area contributed by atoms with Gasteiger partial charge in [-0.2, -0.15) is 0 Å². The first-order chi connectivity index (χ1) is 11.0. The highest BCUT2D eigenvalue weighted by molar-refractivity contribution is 9.10. The van der Waals surface area contributed by atoms with E-state index in [1.165, 1.54) is 0 Å². The van der Waals surface area contributed by atoms with Crippen molar-refractivity contribution < 1.29 is 8.42 Å². The first-order valence-corrected chi connectivity index (χ1v) is 10.2. The van der Waals surface area contributed by atoms with E-state index in [9.17, 15) is 8.42 Å². The number of nitrogens with one attached hydrogen (secondary N) is 2. The first kappa shape index (κ1) is 18.1. The zero-order valence-corrected chi connectivity index (χ0v) is 16.3. The van der Waals surface area contributed by atoms with Gasteiger partial charge >= 0.3 is 0 Å². The second-order valence-corrected chi connectivity index (χ2v) is 9.21. The monoisotopic (exact) mass is 430 g/mol. The summed E-state index contributed by atoms with van der Waals surface area (Å²) in [6, 6.07) is 12.1. The van der Waals surface area contributed by atoms with Gasteiger partial charge in [0.2, 0.25) is 10.0 Å². The van der Waals surface area contributed by atoms with Gasteiger partial charge < -0.3 is 5.32 Å². The first-order valence-electron chi connectivity index (χ1n) is 7.97. The zero-order chi connectivity index (χ0) is 16.0. The number of halogens is 2. The van der Waals surface area contributed by atoms with Crippen LogP contribution in [0.3, 0.4) is 0 Å². The van der Waals surface area contributed by atoms with Gasteiger partial charge in [-0.1, -0.05) is 28.1 Å². The molecular weight excluding hydrogens is 412 g/mol. The van der Waals surface area contributed by atoms with Crippen molar-refractivity contribution in [2.45, 2.75) is 48.7 Å². The number of fused-ring (bicyclic) bond motifs is 3. The van der Waals surface area contributed by atoms with Gasteiger partial charge in [0, 0.05) is 22.6 Å². The van der Waals surface area contributed by atoms with Gasteiger partial charge in [0.05, 0.1) is 4.90 Å². The molecule has 4 rings (SSSR count). The Morgan fingerprint density at radius 2 is 1.62 bits per heavy atom. The summed E-state index contributed by atoms with van der Waals surface area (Å²) in [5.74, 6) is 0. The molecule has 2 aromatic rings. The lowest BCUT2D eigenvalue weighted by Gasteiger charge is -2.29. The van der Waals surface area contributed by atoms with Crippen molar-refractivity contribution in [1.29, 1.82) is 0 Å². The summed E-state index contributed by atoms with van der Waals surface area (Å²) in [7, 11) is -3.47. The Morgan fingerprint density at radius 1 is 1.00 bits per heavy atom. The molecule has 4 nitrogen and oxygen atoms in total. The van der Waals surface area contributed by atoms with Crippen molar-refractivity contribution in [3.05, 3.63) is 40.9 Å². The molecule has 0 radical (unpaired) electrons. The van der Waals surface area contributed by atoms with Gasteiger partial charge in [0.15, 0.2) is 0 Å². The van der Waals surface area contributed by atoms with E-state index < -0.39 is 10.0 Å². The molecular formula is C17H20BrClN2O2S. The largest absolute Gasteiger partial charge is 0.311 e. The van der Waals surface area contributed by atoms with Gasteiger partial charge in [-0.3, -0.25) is 0 Å². The summed E-state index contributed by atoms with van der Waals surface area (Å²) < 4.78 is 29.3. The maximum atomic E-state index is 12.7. The number of hydrogen-bond donors (Lipinski definition) is 2. The Bertz CT molecular complexity index is 847.